The van der Waals surface area contributed by atoms with Gasteiger partial charge in [-0.3, -0.25) is 10.1 Å². The molecule has 2 aromatic rings. The predicted molar refractivity (Wildman–Crippen MR) is 88.6 cm³/mol. The lowest BCUT2D eigenvalue weighted by Crippen LogP contribution is -2.03. The van der Waals surface area contributed by atoms with Crippen molar-refractivity contribution in [2.75, 3.05) is 11.0 Å². The van der Waals surface area contributed by atoms with Crippen molar-refractivity contribution < 1.29 is 13.9 Å². The van der Waals surface area contributed by atoms with Gasteiger partial charge in [0.1, 0.15) is 16.7 Å². The average molecular weight is 322 g/mol. The minimum absolute atomic E-state index is 0.0941. The summed E-state index contributed by atoms with van der Waals surface area (Å²) < 4.78 is 19.5. The molecule has 0 heterocycles. The van der Waals surface area contributed by atoms with Gasteiger partial charge in [0.2, 0.25) is 0 Å². The largest absolute Gasteiger partial charge is 0.455 e. The van der Waals surface area contributed by atoms with E-state index >= 15 is 0 Å². The van der Waals surface area contributed by atoms with Crippen molar-refractivity contribution in [2.45, 2.75) is 13.8 Å². The van der Waals surface area contributed by atoms with Crippen LogP contribution >= 0.6 is 0 Å². The lowest BCUT2D eigenvalue weighted by Gasteiger charge is -2.11. The third kappa shape index (κ3) is 5.17. The third-order valence-corrected chi connectivity index (χ3v) is 2.91. The zero-order chi connectivity index (χ0) is 16.5. The first-order chi connectivity index (χ1) is 10.6. The molecule has 0 aromatic heterocycles. The molecular weight excluding hydrogens is 304 g/mol. The number of nitrogens with zero attached hydrogens (tertiary/aromatic N) is 1. The van der Waals surface area contributed by atoms with Crippen LogP contribution in [0.2, 0.25) is 0 Å². The van der Waals surface area contributed by atoms with E-state index in [1.807, 2.05) is 19.9 Å². The Bertz CT molecular complexity index is 647. The zero-order valence-corrected chi connectivity index (χ0v) is 13.4. The molecule has 0 aliphatic carbocycles. The molecule has 6 nitrogen and oxygen atoms in total. The molecule has 0 fully saturated rings. The predicted octanol–water partition coefficient (Wildman–Crippen LogP) is 4.12. The maximum Gasteiger partial charge on any atom is 0.273 e. The Morgan fingerprint density at radius 3 is 2.32 bits per heavy atom. The molecule has 0 saturated heterocycles. The molecule has 0 spiro atoms. The van der Waals surface area contributed by atoms with E-state index in [1.54, 1.807) is 24.3 Å². The Kier molecular flexibility index (Phi) is 7.04. The average Bonchev–Trinajstić information content (AvgIpc) is 2.51. The van der Waals surface area contributed by atoms with Crippen molar-refractivity contribution in [1.29, 1.82) is 0 Å². The number of ether oxygens (including phenoxy) is 1. The second-order valence-electron chi connectivity index (χ2n) is 3.91. The first-order valence-electron chi connectivity index (χ1n) is 6.67. The topological polar surface area (TPSA) is 81.5 Å². The number of rotatable bonds is 5. The van der Waals surface area contributed by atoms with Crippen LogP contribution < -0.4 is 9.46 Å². The minimum Gasteiger partial charge on any atom is -0.455 e. The van der Waals surface area contributed by atoms with Crippen LogP contribution in [0.25, 0.3) is 0 Å². The van der Waals surface area contributed by atoms with Crippen molar-refractivity contribution in [1.82, 2.24) is 0 Å². The van der Waals surface area contributed by atoms with E-state index in [-0.39, 0.29) is 11.4 Å². The summed E-state index contributed by atoms with van der Waals surface area (Å²) in [4.78, 5) is 10.3. The summed E-state index contributed by atoms with van der Waals surface area (Å²) >= 11 is 0. The summed E-state index contributed by atoms with van der Waals surface area (Å²) in [7, 11) is -1.30. The summed E-state index contributed by atoms with van der Waals surface area (Å²) in [6.07, 6.45) is 1.47. The maximum atomic E-state index is 11.2. The molecule has 2 rings (SSSR count). The number of non-ortho nitro benzene ring substituents is 1. The lowest BCUT2D eigenvalue weighted by molar-refractivity contribution is -0.384. The van der Waals surface area contributed by atoms with Crippen LogP contribution in [0.3, 0.4) is 0 Å². The molecule has 2 aromatic carbocycles. The van der Waals surface area contributed by atoms with E-state index < -0.39 is 15.9 Å². The Balaban J connectivity index is 0.00000116. The van der Waals surface area contributed by atoms with Crippen LogP contribution in [0.4, 0.5) is 11.4 Å². The van der Waals surface area contributed by atoms with Gasteiger partial charge >= 0.3 is 0 Å². The van der Waals surface area contributed by atoms with E-state index in [0.29, 0.717) is 11.4 Å². The zero-order valence-electron chi connectivity index (χ0n) is 12.6. The Labute approximate surface area is 131 Å². The van der Waals surface area contributed by atoms with Crippen molar-refractivity contribution in [3.63, 3.8) is 0 Å². The molecule has 0 aliphatic heterocycles. The van der Waals surface area contributed by atoms with Gasteiger partial charge in [0.05, 0.1) is 16.7 Å². The second kappa shape index (κ2) is 8.78. The fraction of sp³-hybridized carbons (Fsp3) is 0.200. The molecule has 1 unspecified atom stereocenters. The smallest absolute Gasteiger partial charge is 0.273 e. The van der Waals surface area contributed by atoms with Gasteiger partial charge in [-0.15, -0.1) is 0 Å². The van der Waals surface area contributed by atoms with E-state index in [0.717, 1.165) is 0 Å². The molecule has 0 radical (unpaired) electrons. The molecule has 1 N–H and O–H groups in total. The lowest BCUT2D eigenvalue weighted by atomic mass is 10.2. The SMILES string of the molecule is CC.CS(=O)Nc1ccc([N+](=O)[O-])cc1Oc1ccccc1. The summed E-state index contributed by atoms with van der Waals surface area (Å²) in [5.74, 6) is 0.790. The standard InChI is InChI=1S/C13H12N2O4S.C2H6/c1-20(18)14-12-8-7-10(15(16)17)9-13(12)19-11-5-3-2-4-6-11;1-2/h2-9,14H,1H3;1-2H3. The number of anilines is 1. The van der Waals surface area contributed by atoms with E-state index in [2.05, 4.69) is 4.72 Å². The molecule has 1 atom stereocenters. The Morgan fingerprint density at radius 1 is 1.14 bits per heavy atom. The molecular formula is C15H18N2O4S. The summed E-state index contributed by atoms with van der Waals surface area (Å²) in [6, 6.07) is 13.0. The molecule has 0 amide bonds. The monoisotopic (exact) mass is 322 g/mol. The number of hydrogen-bond acceptors (Lipinski definition) is 4. The maximum absolute atomic E-state index is 11.2. The fourth-order valence-electron chi connectivity index (χ4n) is 1.56. The van der Waals surface area contributed by atoms with Crippen LogP contribution in [0.1, 0.15) is 13.8 Å². The number of nitro benzene ring substituents is 1. The number of nitrogens with one attached hydrogen (secondary N) is 1. The Morgan fingerprint density at radius 2 is 1.77 bits per heavy atom. The molecule has 22 heavy (non-hydrogen) atoms. The highest BCUT2D eigenvalue weighted by Gasteiger charge is 2.13. The highest BCUT2D eigenvalue weighted by Crippen LogP contribution is 2.33. The van der Waals surface area contributed by atoms with Crippen LogP contribution in [0, 0.1) is 10.1 Å². The summed E-state index contributed by atoms with van der Waals surface area (Å²) in [5.41, 5.74) is 0.337. The summed E-state index contributed by atoms with van der Waals surface area (Å²) in [6.45, 7) is 4.00. The normalized spacial score (nSPS) is 10.9. The first-order valence-corrected chi connectivity index (χ1v) is 8.23. The molecule has 0 bridgehead atoms. The van der Waals surface area contributed by atoms with Crippen molar-refractivity contribution in [3.8, 4) is 11.5 Å². The van der Waals surface area contributed by atoms with Gasteiger partial charge in [-0.05, 0) is 18.2 Å². The highest BCUT2D eigenvalue weighted by atomic mass is 32.2. The van der Waals surface area contributed by atoms with E-state index in [9.17, 15) is 14.3 Å². The van der Waals surface area contributed by atoms with Crippen molar-refractivity contribution >= 4 is 22.4 Å². The van der Waals surface area contributed by atoms with Gasteiger partial charge in [-0.2, -0.15) is 0 Å². The molecule has 0 aliphatic rings. The summed E-state index contributed by atoms with van der Waals surface area (Å²) in [5, 5.41) is 10.8. The Hall–Kier alpha value is -2.41. The van der Waals surface area contributed by atoms with Gasteiger partial charge < -0.3 is 9.46 Å². The highest BCUT2D eigenvalue weighted by molar-refractivity contribution is 7.85. The third-order valence-electron chi connectivity index (χ3n) is 2.40. The number of hydrogen-bond donors (Lipinski definition) is 1. The van der Waals surface area contributed by atoms with Gasteiger partial charge in [0.25, 0.3) is 5.69 Å². The fourth-order valence-corrected chi connectivity index (χ4v) is 2.04. The molecule has 7 heteroatoms. The second-order valence-corrected chi connectivity index (χ2v) is 5.02. The van der Waals surface area contributed by atoms with Crippen LogP contribution in [0.5, 0.6) is 11.5 Å². The molecule has 118 valence electrons. The van der Waals surface area contributed by atoms with Crippen LogP contribution in [0.15, 0.2) is 48.5 Å². The van der Waals surface area contributed by atoms with Crippen molar-refractivity contribution in [3.05, 3.63) is 58.6 Å². The van der Waals surface area contributed by atoms with Gasteiger partial charge in [-0.25, -0.2) is 4.21 Å². The van der Waals surface area contributed by atoms with Crippen LogP contribution in [-0.4, -0.2) is 15.4 Å². The number of nitro groups is 1. The van der Waals surface area contributed by atoms with Crippen LogP contribution in [-0.2, 0) is 11.0 Å². The quantitative estimate of drug-likeness (QED) is 0.663. The van der Waals surface area contributed by atoms with Gasteiger partial charge in [0.15, 0.2) is 5.75 Å². The first kappa shape index (κ1) is 17.6. The van der Waals surface area contributed by atoms with Gasteiger partial charge in [-0.1, -0.05) is 32.0 Å². The van der Waals surface area contributed by atoms with E-state index in [1.165, 1.54) is 24.5 Å². The molecule has 0 saturated carbocycles. The minimum atomic E-state index is -1.30. The number of para-hydroxylation sites is 1. The van der Waals surface area contributed by atoms with E-state index in [4.69, 9.17) is 4.74 Å². The number of benzene rings is 2. The van der Waals surface area contributed by atoms with Crippen molar-refractivity contribution in [2.24, 2.45) is 0 Å². The van der Waals surface area contributed by atoms with Gasteiger partial charge in [0, 0.05) is 12.3 Å².